The van der Waals surface area contributed by atoms with Gasteiger partial charge in [-0.3, -0.25) is 23.2 Å². The van der Waals surface area contributed by atoms with Gasteiger partial charge in [-0.1, -0.05) is 6.07 Å². The van der Waals surface area contributed by atoms with Gasteiger partial charge in [0.15, 0.2) is 0 Å². The van der Waals surface area contributed by atoms with Gasteiger partial charge >= 0.3 is 0 Å². The average molecular weight is 398 g/mol. The second-order valence-corrected chi connectivity index (χ2v) is 9.44. The van der Waals surface area contributed by atoms with E-state index in [-0.39, 0.29) is 17.4 Å². The van der Waals surface area contributed by atoms with Crippen LogP contribution in [0.2, 0.25) is 0 Å². The molecule has 2 N–H and O–H groups in total. The molecule has 0 saturated heterocycles. The quantitative estimate of drug-likeness (QED) is 0.665. The van der Waals surface area contributed by atoms with Crippen LogP contribution in [-0.4, -0.2) is 25.7 Å². The number of rotatable bonds is 3. The summed E-state index contributed by atoms with van der Waals surface area (Å²) in [6.07, 6.45) is 5.44. The molecule has 0 spiro atoms. The number of anilines is 1. The zero-order valence-electron chi connectivity index (χ0n) is 16.0. The second-order valence-electron chi connectivity index (χ2n) is 7.34. The highest BCUT2D eigenvalue weighted by atomic mass is 32.3. The molecule has 3 aromatic rings. The Hall–Kier alpha value is -2.61. The minimum absolute atomic E-state index is 0.0235. The lowest BCUT2D eigenvalue weighted by Crippen LogP contribution is -2.20. The van der Waals surface area contributed by atoms with Crippen LogP contribution in [0.15, 0.2) is 59.8 Å². The molecule has 0 fully saturated rings. The Morgan fingerprint density at radius 2 is 1.68 bits per heavy atom. The van der Waals surface area contributed by atoms with Crippen LogP contribution < -0.4 is 9.86 Å². The van der Waals surface area contributed by atoms with Crippen LogP contribution >= 0.6 is 10.8 Å². The second kappa shape index (κ2) is 6.77. The molecule has 6 nitrogen and oxygen atoms in total. The van der Waals surface area contributed by atoms with E-state index in [1.54, 1.807) is 34.4 Å². The van der Waals surface area contributed by atoms with Gasteiger partial charge in [0.05, 0.1) is 11.4 Å². The number of hydrogen-bond donors (Lipinski definition) is 2. The molecule has 3 heterocycles. The fraction of sp³-hybridized carbons (Fsp3) is 0.238. The lowest BCUT2D eigenvalue weighted by molar-refractivity contribution is 0.487. The van der Waals surface area contributed by atoms with Crippen LogP contribution in [0.1, 0.15) is 25.5 Å². The van der Waals surface area contributed by atoms with Crippen molar-refractivity contribution in [3.05, 3.63) is 70.9 Å². The van der Waals surface area contributed by atoms with Crippen molar-refractivity contribution in [3.63, 3.8) is 0 Å². The highest BCUT2D eigenvalue weighted by Crippen LogP contribution is 2.56. The predicted octanol–water partition coefficient (Wildman–Crippen LogP) is 4.77. The van der Waals surface area contributed by atoms with E-state index in [0.29, 0.717) is 0 Å². The molecule has 4 rings (SSSR count). The SMILES string of the molecule is CC(C)n1cc(-c2cncc(-c3ccc4c(c3)CS(O)(O)N4C)c2)ccc1=O. The topological polar surface area (TPSA) is 78.6 Å². The lowest BCUT2D eigenvalue weighted by atomic mass is 10.0. The van der Waals surface area contributed by atoms with Crippen LogP contribution in [0.25, 0.3) is 22.3 Å². The molecular formula is C21H23N3O3S. The number of pyridine rings is 2. The number of benzene rings is 1. The van der Waals surface area contributed by atoms with Gasteiger partial charge in [-0.25, -0.2) is 0 Å². The first-order valence-electron chi connectivity index (χ1n) is 9.07. The number of hydrogen-bond acceptors (Lipinski definition) is 5. The largest absolute Gasteiger partial charge is 0.312 e. The summed E-state index contributed by atoms with van der Waals surface area (Å²) in [4.78, 5) is 16.4. The third-order valence-corrected chi connectivity index (χ3v) is 6.88. The van der Waals surface area contributed by atoms with Crippen molar-refractivity contribution < 1.29 is 9.11 Å². The predicted molar refractivity (Wildman–Crippen MR) is 115 cm³/mol. The van der Waals surface area contributed by atoms with Crippen LogP contribution in [0.4, 0.5) is 5.69 Å². The van der Waals surface area contributed by atoms with Crippen LogP contribution in [0.5, 0.6) is 0 Å². The summed E-state index contributed by atoms with van der Waals surface area (Å²) in [6, 6.07) is 11.4. The summed E-state index contributed by atoms with van der Waals surface area (Å²) in [5.74, 6) is 0.235. The van der Waals surface area contributed by atoms with Gasteiger partial charge in [0, 0.05) is 48.9 Å². The van der Waals surface area contributed by atoms with Gasteiger partial charge in [0.1, 0.15) is 0 Å². The first kappa shape index (κ1) is 18.7. The van der Waals surface area contributed by atoms with E-state index < -0.39 is 10.8 Å². The zero-order valence-corrected chi connectivity index (χ0v) is 16.8. The zero-order chi connectivity index (χ0) is 20.1. The molecule has 0 unspecified atom stereocenters. The third kappa shape index (κ3) is 3.22. The molecule has 1 aliphatic heterocycles. The summed E-state index contributed by atoms with van der Waals surface area (Å²) in [5, 5.41) is 0. The van der Waals surface area contributed by atoms with Gasteiger partial charge in [-0.05, 0) is 54.8 Å². The van der Waals surface area contributed by atoms with Crippen molar-refractivity contribution >= 4 is 16.5 Å². The molecule has 0 amide bonds. The fourth-order valence-corrected chi connectivity index (χ4v) is 4.82. The van der Waals surface area contributed by atoms with E-state index in [9.17, 15) is 13.9 Å². The van der Waals surface area contributed by atoms with Crippen molar-refractivity contribution in [1.82, 2.24) is 9.55 Å². The first-order valence-corrected chi connectivity index (χ1v) is 10.7. The Kier molecular flexibility index (Phi) is 4.53. The van der Waals surface area contributed by atoms with Crippen molar-refractivity contribution in [2.45, 2.75) is 25.6 Å². The summed E-state index contributed by atoms with van der Waals surface area (Å²) in [6.45, 7) is 3.96. The van der Waals surface area contributed by atoms with Crippen molar-refractivity contribution in [2.75, 3.05) is 11.4 Å². The van der Waals surface area contributed by atoms with E-state index in [1.165, 1.54) is 0 Å². The maximum atomic E-state index is 12.0. The highest BCUT2D eigenvalue weighted by Gasteiger charge is 2.30. The minimum atomic E-state index is -2.77. The van der Waals surface area contributed by atoms with Crippen LogP contribution in [0, 0.1) is 0 Å². The molecule has 2 aromatic heterocycles. The van der Waals surface area contributed by atoms with Crippen molar-refractivity contribution in [2.24, 2.45) is 0 Å². The van der Waals surface area contributed by atoms with E-state index >= 15 is 0 Å². The van der Waals surface area contributed by atoms with Crippen LogP contribution in [0.3, 0.4) is 0 Å². The molecule has 0 atom stereocenters. The summed E-state index contributed by atoms with van der Waals surface area (Å²) >= 11 is 0. The molecule has 0 bridgehead atoms. The van der Waals surface area contributed by atoms with Gasteiger partial charge in [-0.15, -0.1) is 10.8 Å². The van der Waals surface area contributed by atoms with Crippen LogP contribution in [-0.2, 0) is 5.75 Å². The highest BCUT2D eigenvalue weighted by molar-refractivity contribution is 8.25. The molecule has 0 radical (unpaired) electrons. The monoisotopic (exact) mass is 397 g/mol. The lowest BCUT2D eigenvalue weighted by Gasteiger charge is -2.35. The Morgan fingerprint density at radius 3 is 2.39 bits per heavy atom. The minimum Gasteiger partial charge on any atom is -0.312 e. The Morgan fingerprint density at radius 1 is 1.00 bits per heavy atom. The maximum Gasteiger partial charge on any atom is 0.250 e. The fourth-order valence-electron chi connectivity index (χ4n) is 3.48. The van der Waals surface area contributed by atoms with Gasteiger partial charge < -0.3 is 4.57 Å². The molecule has 1 aliphatic rings. The van der Waals surface area contributed by atoms with E-state index in [0.717, 1.165) is 33.5 Å². The van der Waals surface area contributed by atoms with Crippen molar-refractivity contribution in [1.29, 1.82) is 0 Å². The summed E-state index contributed by atoms with van der Waals surface area (Å²) in [5.41, 5.74) is 5.50. The Labute approximate surface area is 165 Å². The number of nitrogens with zero attached hydrogens (tertiary/aromatic N) is 3. The molecule has 1 aromatic carbocycles. The molecule has 0 aliphatic carbocycles. The molecule has 7 heteroatoms. The summed E-state index contributed by atoms with van der Waals surface area (Å²) in [7, 11) is -1.06. The van der Waals surface area contributed by atoms with Gasteiger partial charge in [0.2, 0.25) is 0 Å². The van der Waals surface area contributed by atoms with E-state index in [2.05, 4.69) is 4.98 Å². The van der Waals surface area contributed by atoms with E-state index in [4.69, 9.17) is 0 Å². The third-order valence-electron chi connectivity index (χ3n) is 5.11. The van der Waals surface area contributed by atoms with E-state index in [1.807, 2.05) is 50.4 Å². The average Bonchev–Trinajstić information content (AvgIpc) is 2.90. The Bertz CT molecular complexity index is 1110. The van der Waals surface area contributed by atoms with Gasteiger partial charge in [-0.2, -0.15) is 0 Å². The standard InChI is InChI=1S/C21H23N3O3S/c1-14(2)24-12-16(5-7-21(24)25)18-9-17(10-22-11-18)15-4-6-20-19(8-15)13-28(26,27)23(20)3/h4-12,14,26-27H,13H2,1-3H3. The van der Waals surface area contributed by atoms with Crippen molar-refractivity contribution in [3.8, 4) is 22.3 Å². The number of aromatic nitrogens is 2. The first-order chi connectivity index (χ1) is 13.3. The smallest absolute Gasteiger partial charge is 0.250 e. The normalized spacial score (nSPS) is 16.3. The summed E-state index contributed by atoms with van der Waals surface area (Å²) < 4.78 is 23.6. The molecule has 28 heavy (non-hydrogen) atoms. The number of fused-ring (bicyclic) bond motifs is 1. The van der Waals surface area contributed by atoms with Gasteiger partial charge in [0.25, 0.3) is 5.56 Å². The molecule has 0 saturated carbocycles. The maximum absolute atomic E-state index is 12.0. The molecule has 146 valence electrons. The molecular weight excluding hydrogens is 374 g/mol. The Balaban J connectivity index is 1.73.